The molecule has 0 fully saturated rings. The van der Waals surface area contributed by atoms with Gasteiger partial charge in [0.25, 0.3) is 0 Å². The maximum Gasteiger partial charge on any atom is 0.412 e. The number of fused-ring (bicyclic) bond motifs is 1. The summed E-state index contributed by atoms with van der Waals surface area (Å²) < 4.78 is 5.36. The van der Waals surface area contributed by atoms with Crippen molar-refractivity contribution in [3.8, 4) is 10.4 Å². The van der Waals surface area contributed by atoms with Crippen LogP contribution in [0.3, 0.4) is 0 Å². The van der Waals surface area contributed by atoms with Gasteiger partial charge in [0.15, 0.2) is 0 Å². The number of rotatable bonds is 1. The van der Waals surface area contributed by atoms with Crippen molar-refractivity contribution in [1.82, 2.24) is 0 Å². The molecule has 3 nitrogen and oxygen atoms in total. The molecular weight excluding hydrogens is 258 g/mol. The molecule has 0 spiro atoms. The van der Waals surface area contributed by atoms with Crippen molar-refractivity contribution >= 4 is 23.1 Å². The lowest BCUT2D eigenvalue weighted by Gasteiger charge is -2.32. The van der Waals surface area contributed by atoms with Gasteiger partial charge < -0.3 is 4.74 Å². The third kappa shape index (κ3) is 2.02. The Balaban J connectivity index is 2.14. The highest BCUT2D eigenvalue weighted by Crippen LogP contribution is 2.39. The number of thiophene rings is 1. The normalized spacial score (nSPS) is 16.5. The number of hydrogen-bond donors (Lipinski definition) is 1. The quantitative estimate of drug-likeness (QED) is 0.829. The zero-order valence-electron chi connectivity index (χ0n) is 11.1. The Labute approximate surface area is 116 Å². The lowest BCUT2D eigenvalue weighted by molar-refractivity contribution is 0.0421. The first-order valence-electron chi connectivity index (χ1n) is 6.16. The number of ether oxygens (including phenoxy) is 1. The van der Waals surface area contributed by atoms with Crippen molar-refractivity contribution in [1.29, 1.82) is 0 Å². The average molecular weight is 273 g/mol. The van der Waals surface area contributed by atoms with Gasteiger partial charge in [-0.05, 0) is 55.5 Å². The summed E-state index contributed by atoms with van der Waals surface area (Å²) in [6.45, 7) is 5.93. The fourth-order valence-electron chi connectivity index (χ4n) is 2.38. The Morgan fingerprint density at radius 3 is 2.74 bits per heavy atom. The molecule has 0 bridgehead atoms. The van der Waals surface area contributed by atoms with E-state index in [1.807, 2.05) is 26.0 Å². The third-order valence-electron chi connectivity index (χ3n) is 3.38. The van der Waals surface area contributed by atoms with Crippen LogP contribution in [0.25, 0.3) is 10.4 Å². The summed E-state index contributed by atoms with van der Waals surface area (Å²) in [5.74, 6) is 0. The van der Waals surface area contributed by atoms with E-state index in [9.17, 15) is 4.79 Å². The van der Waals surface area contributed by atoms with E-state index < -0.39 is 11.7 Å². The van der Waals surface area contributed by atoms with E-state index in [0.717, 1.165) is 11.3 Å². The number of anilines is 1. The monoisotopic (exact) mass is 273 g/mol. The van der Waals surface area contributed by atoms with Gasteiger partial charge in [0, 0.05) is 10.4 Å². The van der Waals surface area contributed by atoms with Crippen molar-refractivity contribution in [2.45, 2.75) is 26.4 Å². The van der Waals surface area contributed by atoms with Crippen LogP contribution in [0.1, 0.15) is 25.0 Å². The minimum atomic E-state index is -0.598. The van der Waals surface area contributed by atoms with Crippen molar-refractivity contribution in [2.75, 3.05) is 5.32 Å². The van der Waals surface area contributed by atoms with Crippen molar-refractivity contribution in [2.24, 2.45) is 0 Å². The van der Waals surface area contributed by atoms with Gasteiger partial charge in [-0.1, -0.05) is 6.07 Å². The Bertz CT molecular complexity index is 658. The van der Waals surface area contributed by atoms with Gasteiger partial charge in [-0.15, -0.1) is 11.3 Å². The summed E-state index contributed by atoms with van der Waals surface area (Å²) in [7, 11) is 0. The van der Waals surface area contributed by atoms with Gasteiger partial charge in [0.05, 0.1) is 5.69 Å². The van der Waals surface area contributed by atoms with Crippen LogP contribution in [0, 0.1) is 6.92 Å². The molecule has 0 radical (unpaired) electrons. The molecule has 1 aromatic heterocycles. The molecule has 2 heterocycles. The van der Waals surface area contributed by atoms with Crippen molar-refractivity contribution in [3.05, 3.63) is 40.8 Å². The lowest BCUT2D eigenvalue weighted by Crippen LogP contribution is -2.34. The van der Waals surface area contributed by atoms with Gasteiger partial charge in [-0.2, -0.15) is 0 Å². The van der Waals surface area contributed by atoms with Crippen LogP contribution in [-0.2, 0) is 10.3 Å². The van der Waals surface area contributed by atoms with Crippen LogP contribution in [0.15, 0.2) is 29.6 Å². The van der Waals surface area contributed by atoms with Gasteiger partial charge >= 0.3 is 6.09 Å². The number of hydrogen-bond acceptors (Lipinski definition) is 3. The molecule has 0 saturated heterocycles. The van der Waals surface area contributed by atoms with E-state index >= 15 is 0 Å². The van der Waals surface area contributed by atoms with Crippen LogP contribution in [0.2, 0.25) is 0 Å². The summed E-state index contributed by atoms with van der Waals surface area (Å²) in [6.07, 6.45) is -0.391. The predicted octanol–water partition coefficient (Wildman–Crippen LogP) is 4.52. The first-order valence-corrected chi connectivity index (χ1v) is 7.04. The van der Waals surface area contributed by atoms with E-state index in [4.69, 9.17) is 4.74 Å². The van der Waals surface area contributed by atoms with Gasteiger partial charge in [0.2, 0.25) is 0 Å². The highest BCUT2D eigenvalue weighted by atomic mass is 32.1. The van der Waals surface area contributed by atoms with Gasteiger partial charge in [-0.3, -0.25) is 5.32 Å². The maximum atomic E-state index is 11.5. The number of aryl methyl sites for hydroxylation is 1. The molecule has 3 rings (SSSR count). The molecule has 0 atom stereocenters. The number of carbonyl (C=O) groups is 1. The molecule has 4 heteroatoms. The fourth-order valence-corrected chi connectivity index (χ4v) is 3.31. The van der Waals surface area contributed by atoms with Crippen LogP contribution >= 0.6 is 11.3 Å². The lowest BCUT2D eigenvalue weighted by atomic mass is 9.92. The molecule has 1 N–H and O–H groups in total. The number of benzene rings is 1. The second kappa shape index (κ2) is 4.10. The van der Waals surface area contributed by atoms with Gasteiger partial charge in [-0.25, -0.2) is 4.79 Å². The van der Waals surface area contributed by atoms with E-state index in [0.29, 0.717) is 0 Å². The molecule has 1 aliphatic rings. The molecule has 2 aromatic rings. The summed E-state index contributed by atoms with van der Waals surface area (Å²) in [6, 6.07) is 8.21. The van der Waals surface area contributed by atoms with E-state index in [1.54, 1.807) is 11.3 Å². The number of carbonyl (C=O) groups excluding carboxylic acids is 1. The average Bonchev–Trinajstić information content (AvgIpc) is 2.74. The largest absolute Gasteiger partial charge is 0.438 e. The van der Waals surface area contributed by atoms with Crippen molar-refractivity contribution < 1.29 is 9.53 Å². The Morgan fingerprint density at radius 2 is 2.05 bits per heavy atom. The number of cyclic esters (lactones) is 1. The van der Waals surface area contributed by atoms with E-state index in [2.05, 4.69) is 29.8 Å². The molecule has 1 aliphatic heterocycles. The van der Waals surface area contributed by atoms with Crippen molar-refractivity contribution in [3.63, 3.8) is 0 Å². The van der Waals surface area contributed by atoms with E-state index in [-0.39, 0.29) is 0 Å². The summed E-state index contributed by atoms with van der Waals surface area (Å²) >= 11 is 1.73. The number of nitrogens with one attached hydrogen (secondary N) is 1. The van der Waals surface area contributed by atoms with Crippen LogP contribution in [0.5, 0.6) is 0 Å². The molecule has 1 aromatic carbocycles. The van der Waals surface area contributed by atoms with Crippen LogP contribution in [-0.4, -0.2) is 6.09 Å². The Morgan fingerprint density at radius 1 is 1.26 bits per heavy atom. The molecule has 0 aliphatic carbocycles. The summed E-state index contributed by atoms with van der Waals surface area (Å²) in [5, 5.41) is 4.84. The first kappa shape index (κ1) is 12.2. The Kier molecular flexibility index (Phi) is 2.64. The minimum absolute atomic E-state index is 0.391. The fraction of sp³-hybridized carbons (Fsp3) is 0.267. The highest BCUT2D eigenvalue weighted by molar-refractivity contribution is 7.13. The zero-order chi connectivity index (χ0) is 13.6. The van der Waals surface area contributed by atoms with E-state index in [1.165, 1.54) is 16.0 Å². The molecule has 0 unspecified atom stereocenters. The second-order valence-corrected chi connectivity index (χ2v) is 6.13. The minimum Gasteiger partial charge on any atom is -0.438 e. The maximum absolute atomic E-state index is 11.5. The Hall–Kier alpha value is -1.81. The SMILES string of the molecule is Cc1ccsc1-c1ccc2c(c1)C(C)(C)OC(=O)N2. The molecule has 0 saturated carbocycles. The smallest absolute Gasteiger partial charge is 0.412 e. The van der Waals surface area contributed by atoms with Crippen LogP contribution in [0.4, 0.5) is 10.5 Å². The molecule has 1 amide bonds. The second-order valence-electron chi connectivity index (χ2n) is 5.22. The standard InChI is InChI=1S/C15H15NO2S/c1-9-6-7-19-13(9)10-4-5-12-11(8-10)15(2,3)18-14(17)16-12/h4-8H,1-3H3,(H,16,17). The summed E-state index contributed by atoms with van der Waals surface area (Å²) in [4.78, 5) is 12.7. The molecular formula is C15H15NO2S. The van der Waals surface area contributed by atoms with Gasteiger partial charge in [0.1, 0.15) is 5.60 Å². The first-order chi connectivity index (χ1) is 8.97. The molecule has 19 heavy (non-hydrogen) atoms. The zero-order valence-corrected chi connectivity index (χ0v) is 11.9. The topological polar surface area (TPSA) is 38.3 Å². The third-order valence-corrected chi connectivity index (χ3v) is 4.44. The predicted molar refractivity (Wildman–Crippen MR) is 77.6 cm³/mol. The number of amides is 1. The summed E-state index contributed by atoms with van der Waals surface area (Å²) in [5.41, 5.74) is 3.68. The molecule has 98 valence electrons. The van der Waals surface area contributed by atoms with Crippen LogP contribution < -0.4 is 5.32 Å². The highest BCUT2D eigenvalue weighted by Gasteiger charge is 2.33.